The predicted molar refractivity (Wildman–Crippen MR) is 137 cm³/mol. The molecule has 3 aromatic carbocycles. The minimum Gasteiger partial charge on any atom is -0.486 e. The molecular formula is C29H29ClFNO3. The van der Waals surface area contributed by atoms with Crippen molar-refractivity contribution in [1.29, 1.82) is 0 Å². The maximum absolute atomic E-state index is 13.9. The Morgan fingerprint density at radius 2 is 1.80 bits per heavy atom. The third kappa shape index (κ3) is 7.41. The first-order valence-electron chi connectivity index (χ1n) is 11.8. The van der Waals surface area contributed by atoms with Crippen LogP contribution < -0.4 is 10.1 Å². The summed E-state index contributed by atoms with van der Waals surface area (Å²) >= 11 is 5.94. The molecule has 1 aliphatic carbocycles. The van der Waals surface area contributed by atoms with Gasteiger partial charge in [0.25, 0.3) is 0 Å². The van der Waals surface area contributed by atoms with Gasteiger partial charge >= 0.3 is 0 Å². The van der Waals surface area contributed by atoms with Gasteiger partial charge in [-0.05, 0) is 84.0 Å². The summed E-state index contributed by atoms with van der Waals surface area (Å²) in [5, 5.41) is 3.54. The molecule has 0 fully saturated rings. The summed E-state index contributed by atoms with van der Waals surface area (Å²) in [6.45, 7) is 2.55. The van der Waals surface area contributed by atoms with Crippen molar-refractivity contribution in [3.05, 3.63) is 101 Å². The maximum Gasteiger partial charge on any atom is 0.216 e. The van der Waals surface area contributed by atoms with E-state index in [-0.39, 0.29) is 23.9 Å². The number of ether oxygens (including phenoxy) is 2. The van der Waals surface area contributed by atoms with E-state index < -0.39 is 0 Å². The van der Waals surface area contributed by atoms with E-state index in [1.165, 1.54) is 19.1 Å². The van der Waals surface area contributed by atoms with Gasteiger partial charge in [0.1, 0.15) is 17.7 Å². The van der Waals surface area contributed by atoms with Crippen LogP contribution in [0.25, 0.3) is 11.1 Å². The SMILES string of the molecule is CC(=O)NCCc1ccc(OC2C=CC(OCc3ccc(Cl)cc3)CC2)cc1-c1cccc(F)c1. The molecule has 0 aromatic heterocycles. The van der Waals surface area contributed by atoms with Gasteiger partial charge in [0.15, 0.2) is 0 Å². The molecule has 3 aromatic rings. The Morgan fingerprint density at radius 1 is 1.03 bits per heavy atom. The Kier molecular flexibility index (Phi) is 8.56. The highest BCUT2D eigenvalue weighted by Crippen LogP contribution is 2.31. The van der Waals surface area contributed by atoms with Gasteiger partial charge in [-0.3, -0.25) is 4.79 Å². The third-order valence-corrected chi connectivity index (χ3v) is 6.18. The summed E-state index contributed by atoms with van der Waals surface area (Å²) < 4.78 is 26.2. The minimum absolute atomic E-state index is 0.0459. The highest BCUT2D eigenvalue weighted by molar-refractivity contribution is 6.30. The van der Waals surface area contributed by atoms with Crippen molar-refractivity contribution < 1.29 is 18.7 Å². The van der Waals surface area contributed by atoms with Crippen LogP contribution in [0.15, 0.2) is 78.9 Å². The molecule has 1 aliphatic rings. The number of rotatable bonds is 9. The molecule has 0 aliphatic heterocycles. The lowest BCUT2D eigenvalue weighted by molar-refractivity contribution is -0.118. The highest BCUT2D eigenvalue weighted by atomic mass is 35.5. The molecule has 4 rings (SSSR count). The molecule has 0 bridgehead atoms. The van der Waals surface area contributed by atoms with Crippen LogP contribution in [0.3, 0.4) is 0 Å². The molecule has 2 atom stereocenters. The molecule has 0 radical (unpaired) electrons. The van der Waals surface area contributed by atoms with Crippen molar-refractivity contribution in [1.82, 2.24) is 5.32 Å². The summed E-state index contributed by atoms with van der Waals surface area (Å²) in [5.74, 6) is 0.362. The predicted octanol–water partition coefficient (Wildman–Crippen LogP) is 6.51. The lowest BCUT2D eigenvalue weighted by Crippen LogP contribution is -2.23. The zero-order valence-corrected chi connectivity index (χ0v) is 20.4. The minimum atomic E-state index is -0.290. The number of amides is 1. The second-order valence-electron chi connectivity index (χ2n) is 8.66. The Labute approximate surface area is 210 Å². The Balaban J connectivity index is 1.41. The standard InChI is InChI=1S/C29H29ClFNO3/c1-20(33)32-16-15-22-7-10-28(18-29(22)23-3-2-4-25(31)17-23)35-27-13-11-26(12-14-27)34-19-21-5-8-24(30)9-6-21/h2-11,13,17-18,26-27H,12,14-16,19H2,1H3,(H,32,33). The quantitative estimate of drug-likeness (QED) is 0.346. The third-order valence-electron chi connectivity index (χ3n) is 5.93. The molecule has 0 spiro atoms. The summed E-state index contributed by atoms with van der Waals surface area (Å²) in [6.07, 6.45) is 6.42. The van der Waals surface area contributed by atoms with Gasteiger partial charge in [0, 0.05) is 18.5 Å². The van der Waals surface area contributed by atoms with E-state index in [1.54, 1.807) is 6.07 Å². The van der Waals surface area contributed by atoms with Crippen molar-refractivity contribution in [3.8, 4) is 16.9 Å². The fraction of sp³-hybridized carbons (Fsp3) is 0.276. The van der Waals surface area contributed by atoms with Crippen molar-refractivity contribution in [2.45, 2.75) is 45.0 Å². The van der Waals surface area contributed by atoms with Crippen molar-refractivity contribution in [2.75, 3.05) is 6.54 Å². The lowest BCUT2D eigenvalue weighted by Gasteiger charge is -2.24. The molecule has 4 nitrogen and oxygen atoms in total. The molecule has 2 unspecified atom stereocenters. The lowest BCUT2D eigenvalue weighted by atomic mass is 9.97. The number of carbonyl (C=O) groups is 1. The number of hydrogen-bond donors (Lipinski definition) is 1. The van der Waals surface area contributed by atoms with Gasteiger partial charge in [-0.15, -0.1) is 0 Å². The number of carbonyl (C=O) groups excluding carboxylic acids is 1. The van der Waals surface area contributed by atoms with E-state index in [2.05, 4.69) is 11.4 Å². The Hall–Kier alpha value is -3.15. The van der Waals surface area contributed by atoms with Crippen LogP contribution in [0.4, 0.5) is 4.39 Å². The van der Waals surface area contributed by atoms with Gasteiger partial charge in [-0.25, -0.2) is 4.39 Å². The average Bonchev–Trinajstić information content (AvgIpc) is 2.85. The van der Waals surface area contributed by atoms with Crippen LogP contribution in [-0.4, -0.2) is 24.7 Å². The molecule has 6 heteroatoms. The van der Waals surface area contributed by atoms with E-state index >= 15 is 0 Å². The molecular weight excluding hydrogens is 465 g/mol. The molecule has 0 heterocycles. The Bertz CT molecular complexity index is 1180. The van der Waals surface area contributed by atoms with Gasteiger partial charge in [0.2, 0.25) is 5.91 Å². The number of nitrogens with one attached hydrogen (secondary N) is 1. The summed E-state index contributed by atoms with van der Waals surface area (Å²) in [7, 11) is 0. The van der Waals surface area contributed by atoms with Crippen LogP contribution in [0.2, 0.25) is 5.02 Å². The Morgan fingerprint density at radius 3 is 2.51 bits per heavy atom. The van der Waals surface area contributed by atoms with E-state index in [1.807, 2.05) is 54.6 Å². The fourth-order valence-corrected chi connectivity index (χ4v) is 4.24. The molecule has 1 N–H and O–H groups in total. The largest absolute Gasteiger partial charge is 0.486 e. The number of hydrogen-bond acceptors (Lipinski definition) is 3. The topological polar surface area (TPSA) is 47.6 Å². The van der Waals surface area contributed by atoms with Crippen molar-refractivity contribution in [2.24, 2.45) is 0 Å². The van der Waals surface area contributed by atoms with E-state index in [9.17, 15) is 9.18 Å². The molecule has 1 amide bonds. The van der Waals surface area contributed by atoms with Crippen molar-refractivity contribution >= 4 is 17.5 Å². The van der Waals surface area contributed by atoms with Crippen molar-refractivity contribution in [3.63, 3.8) is 0 Å². The van der Waals surface area contributed by atoms with Crippen LogP contribution in [0, 0.1) is 5.82 Å². The first kappa shape index (κ1) is 25.0. The average molecular weight is 494 g/mol. The highest BCUT2D eigenvalue weighted by Gasteiger charge is 2.18. The number of halogens is 2. The van der Waals surface area contributed by atoms with E-state index in [0.29, 0.717) is 24.6 Å². The first-order chi connectivity index (χ1) is 17.0. The van der Waals surface area contributed by atoms with Gasteiger partial charge < -0.3 is 14.8 Å². The molecule has 182 valence electrons. The zero-order chi connectivity index (χ0) is 24.6. The summed E-state index contributed by atoms with van der Waals surface area (Å²) in [6, 6.07) is 20.1. The molecule has 35 heavy (non-hydrogen) atoms. The number of benzene rings is 3. The summed E-state index contributed by atoms with van der Waals surface area (Å²) in [4.78, 5) is 11.3. The zero-order valence-electron chi connectivity index (χ0n) is 19.7. The van der Waals surface area contributed by atoms with Crippen LogP contribution in [0.1, 0.15) is 30.9 Å². The van der Waals surface area contributed by atoms with Crippen LogP contribution in [0.5, 0.6) is 5.75 Å². The molecule has 0 saturated heterocycles. The fourth-order valence-electron chi connectivity index (χ4n) is 4.11. The van der Waals surface area contributed by atoms with E-state index in [4.69, 9.17) is 21.1 Å². The van der Waals surface area contributed by atoms with E-state index in [0.717, 1.165) is 40.8 Å². The van der Waals surface area contributed by atoms with Crippen LogP contribution >= 0.6 is 11.6 Å². The second-order valence-corrected chi connectivity index (χ2v) is 9.09. The summed E-state index contributed by atoms with van der Waals surface area (Å²) in [5.41, 5.74) is 3.79. The van der Waals surface area contributed by atoms with Crippen LogP contribution in [-0.2, 0) is 22.6 Å². The maximum atomic E-state index is 13.9. The smallest absolute Gasteiger partial charge is 0.216 e. The monoisotopic (exact) mass is 493 g/mol. The normalized spacial score (nSPS) is 17.2. The first-order valence-corrected chi connectivity index (χ1v) is 12.2. The van der Waals surface area contributed by atoms with Gasteiger partial charge in [-0.1, -0.05) is 48.0 Å². The second kappa shape index (κ2) is 12.0. The van der Waals surface area contributed by atoms with Gasteiger partial charge in [0.05, 0.1) is 12.7 Å². The van der Waals surface area contributed by atoms with Gasteiger partial charge in [-0.2, -0.15) is 0 Å². The molecule has 0 saturated carbocycles.